The predicted molar refractivity (Wildman–Crippen MR) is 69.9 cm³/mol. The molecule has 0 spiro atoms. The molecule has 1 aliphatic carbocycles. The number of carbonyl (C=O) groups excluding carboxylic acids is 1. The van der Waals surface area contributed by atoms with Gasteiger partial charge in [0.2, 0.25) is 11.8 Å². The first-order chi connectivity index (χ1) is 8.93. The van der Waals surface area contributed by atoms with Crippen LogP contribution in [-0.2, 0) is 4.79 Å². The highest BCUT2D eigenvalue weighted by Gasteiger charge is 2.40. The third-order valence-corrected chi connectivity index (χ3v) is 4.60. The first kappa shape index (κ1) is 14.7. The third-order valence-electron chi connectivity index (χ3n) is 4.60. The molecule has 0 radical (unpaired) electrons. The fourth-order valence-corrected chi connectivity index (χ4v) is 3.29. The van der Waals surface area contributed by atoms with E-state index in [0.717, 1.165) is 19.4 Å². The molecule has 3 nitrogen and oxygen atoms in total. The maximum Gasteiger partial charge on any atom is 0.248 e. The van der Waals surface area contributed by atoms with Gasteiger partial charge in [0, 0.05) is 37.9 Å². The second kappa shape index (κ2) is 5.73. The summed E-state index contributed by atoms with van der Waals surface area (Å²) in [4.78, 5) is 14.3. The van der Waals surface area contributed by atoms with Gasteiger partial charge in [0.1, 0.15) is 0 Å². The summed E-state index contributed by atoms with van der Waals surface area (Å²) in [5.74, 6) is -2.14. The Balaban J connectivity index is 1.95. The lowest BCUT2D eigenvalue weighted by atomic mass is 9.84. The van der Waals surface area contributed by atoms with Gasteiger partial charge in [0.25, 0.3) is 0 Å². The highest BCUT2D eigenvalue weighted by Crippen LogP contribution is 2.37. The van der Waals surface area contributed by atoms with Crippen molar-refractivity contribution in [3.05, 3.63) is 0 Å². The average Bonchev–Trinajstić information content (AvgIpc) is 2.37. The summed E-state index contributed by atoms with van der Waals surface area (Å²) in [6.07, 6.45) is 2.25. The van der Waals surface area contributed by atoms with Gasteiger partial charge in [-0.05, 0) is 31.6 Å². The summed E-state index contributed by atoms with van der Waals surface area (Å²) in [5.41, 5.74) is 5.75. The molecule has 1 amide bonds. The lowest BCUT2D eigenvalue weighted by Gasteiger charge is -2.41. The largest absolute Gasteiger partial charge is 0.338 e. The van der Waals surface area contributed by atoms with Crippen LogP contribution in [0.15, 0.2) is 0 Å². The molecule has 0 bridgehead atoms. The maximum atomic E-state index is 13.1. The molecule has 2 atom stereocenters. The van der Waals surface area contributed by atoms with Gasteiger partial charge in [-0.2, -0.15) is 0 Å². The quantitative estimate of drug-likeness (QED) is 0.840. The minimum absolute atomic E-state index is 0.0536. The number of carbonyl (C=O) groups is 1. The van der Waals surface area contributed by atoms with Crippen molar-refractivity contribution >= 4 is 5.91 Å². The summed E-state index contributed by atoms with van der Waals surface area (Å²) in [6.45, 7) is 3.37. The van der Waals surface area contributed by atoms with E-state index in [1.165, 1.54) is 0 Å². The van der Waals surface area contributed by atoms with E-state index in [1.54, 1.807) is 0 Å². The molecule has 2 aliphatic rings. The van der Waals surface area contributed by atoms with Gasteiger partial charge in [-0.15, -0.1) is 0 Å². The van der Waals surface area contributed by atoms with Crippen molar-refractivity contribution in [2.24, 2.45) is 17.6 Å². The molecule has 2 fully saturated rings. The number of hydrogen-bond acceptors (Lipinski definition) is 2. The van der Waals surface area contributed by atoms with Gasteiger partial charge in [0.15, 0.2) is 0 Å². The molecule has 19 heavy (non-hydrogen) atoms. The van der Waals surface area contributed by atoms with Gasteiger partial charge >= 0.3 is 0 Å². The SMILES string of the molecule is CC1CCN(C(=O)C2CCC(F)(F)CC2)C(CN)C1. The van der Waals surface area contributed by atoms with Crippen molar-refractivity contribution < 1.29 is 13.6 Å². The first-order valence-corrected chi connectivity index (χ1v) is 7.31. The predicted octanol–water partition coefficient (Wildman–Crippen LogP) is 2.40. The van der Waals surface area contributed by atoms with Crippen LogP contribution in [0.1, 0.15) is 45.4 Å². The maximum absolute atomic E-state index is 13.1. The van der Waals surface area contributed by atoms with Crippen molar-refractivity contribution in [3.63, 3.8) is 0 Å². The molecule has 5 heteroatoms. The van der Waals surface area contributed by atoms with Crippen molar-refractivity contribution in [1.29, 1.82) is 0 Å². The zero-order valence-electron chi connectivity index (χ0n) is 11.6. The first-order valence-electron chi connectivity index (χ1n) is 7.31. The van der Waals surface area contributed by atoms with Crippen molar-refractivity contribution in [2.75, 3.05) is 13.1 Å². The van der Waals surface area contributed by atoms with E-state index in [-0.39, 0.29) is 30.7 Å². The number of piperidine rings is 1. The van der Waals surface area contributed by atoms with Crippen LogP contribution in [0, 0.1) is 11.8 Å². The Morgan fingerprint density at radius 2 is 1.95 bits per heavy atom. The standard InChI is InChI=1S/C14H24F2N2O/c1-10-4-7-18(12(8-10)9-17)13(19)11-2-5-14(15,16)6-3-11/h10-12H,2-9,17H2,1H3. The van der Waals surface area contributed by atoms with E-state index in [9.17, 15) is 13.6 Å². The van der Waals surface area contributed by atoms with Gasteiger partial charge in [0.05, 0.1) is 0 Å². The third kappa shape index (κ3) is 3.44. The number of alkyl halides is 2. The highest BCUT2D eigenvalue weighted by molar-refractivity contribution is 5.79. The smallest absolute Gasteiger partial charge is 0.248 e. The van der Waals surface area contributed by atoms with Gasteiger partial charge in [-0.1, -0.05) is 6.92 Å². The second-order valence-corrected chi connectivity index (χ2v) is 6.18. The van der Waals surface area contributed by atoms with Crippen LogP contribution < -0.4 is 5.73 Å². The molecule has 1 aliphatic heterocycles. The molecule has 2 rings (SSSR count). The van der Waals surface area contributed by atoms with E-state index in [4.69, 9.17) is 5.73 Å². The molecule has 2 unspecified atom stereocenters. The fourth-order valence-electron chi connectivity index (χ4n) is 3.29. The number of nitrogens with zero attached hydrogens (tertiary/aromatic N) is 1. The van der Waals surface area contributed by atoms with Crippen LogP contribution in [0.2, 0.25) is 0 Å². The molecular weight excluding hydrogens is 250 g/mol. The molecular formula is C14H24F2N2O. The van der Waals surface area contributed by atoms with Crippen LogP contribution >= 0.6 is 0 Å². The zero-order valence-corrected chi connectivity index (χ0v) is 11.6. The number of halogens is 2. The summed E-state index contributed by atoms with van der Waals surface area (Å²) in [6, 6.07) is 0.0960. The summed E-state index contributed by atoms with van der Waals surface area (Å²) in [5, 5.41) is 0. The van der Waals surface area contributed by atoms with Gasteiger partial charge < -0.3 is 10.6 Å². The lowest BCUT2D eigenvalue weighted by Crippen LogP contribution is -2.51. The second-order valence-electron chi connectivity index (χ2n) is 6.18. The molecule has 0 aromatic rings. The molecule has 0 aromatic carbocycles. The number of likely N-dealkylation sites (tertiary alicyclic amines) is 1. The monoisotopic (exact) mass is 274 g/mol. The van der Waals surface area contributed by atoms with Crippen LogP contribution in [0.3, 0.4) is 0 Å². The molecule has 1 saturated carbocycles. The molecule has 110 valence electrons. The number of rotatable bonds is 2. The van der Waals surface area contributed by atoms with E-state index < -0.39 is 5.92 Å². The van der Waals surface area contributed by atoms with Crippen LogP contribution in [-0.4, -0.2) is 35.9 Å². The lowest BCUT2D eigenvalue weighted by molar-refractivity contribution is -0.143. The Morgan fingerprint density at radius 1 is 1.32 bits per heavy atom. The number of amides is 1. The summed E-state index contributed by atoms with van der Waals surface area (Å²) in [7, 11) is 0. The minimum Gasteiger partial charge on any atom is -0.338 e. The Labute approximate surface area is 113 Å². The van der Waals surface area contributed by atoms with Gasteiger partial charge in [-0.3, -0.25) is 4.79 Å². The summed E-state index contributed by atoms with van der Waals surface area (Å²) >= 11 is 0. The van der Waals surface area contributed by atoms with Crippen LogP contribution in [0.4, 0.5) is 8.78 Å². The Kier molecular flexibility index (Phi) is 4.43. The number of nitrogens with two attached hydrogens (primary N) is 1. The Bertz CT molecular complexity index is 325. The van der Waals surface area contributed by atoms with E-state index in [0.29, 0.717) is 25.3 Å². The molecule has 0 aromatic heterocycles. The fraction of sp³-hybridized carbons (Fsp3) is 0.929. The Hall–Kier alpha value is -0.710. The van der Waals surface area contributed by atoms with Crippen molar-refractivity contribution in [3.8, 4) is 0 Å². The number of hydrogen-bond donors (Lipinski definition) is 1. The molecule has 2 N–H and O–H groups in total. The Morgan fingerprint density at radius 3 is 2.53 bits per heavy atom. The summed E-state index contributed by atoms with van der Waals surface area (Å²) < 4.78 is 26.3. The topological polar surface area (TPSA) is 46.3 Å². The van der Waals surface area contributed by atoms with E-state index in [1.807, 2.05) is 4.90 Å². The molecule has 1 saturated heterocycles. The van der Waals surface area contributed by atoms with Crippen molar-refractivity contribution in [2.45, 2.75) is 57.4 Å². The van der Waals surface area contributed by atoms with Gasteiger partial charge in [-0.25, -0.2) is 8.78 Å². The zero-order chi connectivity index (χ0) is 14.0. The minimum atomic E-state index is -2.57. The van der Waals surface area contributed by atoms with E-state index in [2.05, 4.69) is 6.92 Å². The van der Waals surface area contributed by atoms with Crippen LogP contribution in [0.5, 0.6) is 0 Å². The average molecular weight is 274 g/mol. The normalized spacial score (nSPS) is 32.3. The van der Waals surface area contributed by atoms with Crippen LogP contribution in [0.25, 0.3) is 0 Å². The van der Waals surface area contributed by atoms with E-state index >= 15 is 0 Å². The highest BCUT2D eigenvalue weighted by atomic mass is 19.3. The molecule has 1 heterocycles. The van der Waals surface area contributed by atoms with Crippen molar-refractivity contribution in [1.82, 2.24) is 4.90 Å².